The largest absolute Gasteiger partial charge is 0.354 e. The van der Waals surface area contributed by atoms with Gasteiger partial charge in [-0.15, -0.1) is 24.0 Å². The Hall–Kier alpha value is -0.820. The molecule has 1 aliphatic heterocycles. The highest BCUT2D eigenvalue weighted by atomic mass is 127. The Kier molecular flexibility index (Phi) is 8.49. The average molecular weight is 456 g/mol. The number of benzene rings is 1. The minimum atomic E-state index is 0. The summed E-state index contributed by atoms with van der Waals surface area (Å²) in [5.74, 6) is 1.86. The molecule has 2 N–H and O–H groups in total. The van der Waals surface area contributed by atoms with Crippen LogP contribution in [0.1, 0.15) is 44.6 Å². The molecule has 0 radical (unpaired) electrons. The van der Waals surface area contributed by atoms with Crippen LogP contribution in [0.4, 0.5) is 0 Å². The van der Waals surface area contributed by atoms with Gasteiger partial charge in [0.2, 0.25) is 0 Å². The first-order valence-corrected chi connectivity index (χ1v) is 9.54. The van der Waals surface area contributed by atoms with Crippen molar-refractivity contribution in [3.05, 3.63) is 35.9 Å². The van der Waals surface area contributed by atoms with Crippen LogP contribution in [-0.2, 0) is 6.54 Å². The van der Waals surface area contributed by atoms with E-state index in [1.807, 2.05) is 7.05 Å². The van der Waals surface area contributed by atoms with Crippen LogP contribution in [0.5, 0.6) is 0 Å². The number of hydrogen-bond donors (Lipinski definition) is 2. The Bertz CT molecular complexity index is 526. The lowest BCUT2D eigenvalue weighted by atomic mass is 10.0. The van der Waals surface area contributed by atoms with Gasteiger partial charge in [-0.2, -0.15) is 0 Å². The third-order valence-electron chi connectivity index (χ3n) is 5.31. The van der Waals surface area contributed by atoms with Gasteiger partial charge < -0.3 is 10.6 Å². The molecule has 0 spiro atoms. The summed E-state index contributed by atoms with van der Waals surface area (Å²) < 4.78 is 0. The van der Waals surface area contributed by atoms with Crippen molar-refractivity contribution in [3.8, 4) is 0 Å². The van der Waals surface area contributed by atoms with E-state index in [2.05, 4.69) is 57.8 Å². The molecule has 1 saturated heterocycles. The predicted octanol–water partition coefficient (Wildman–Crippen LogP) is 3.62. The molecular formula is C20H33IN4. The van der Waals surface area contributed by atoms with Gasteiger partial charge in [0.15, 0.2) is 5.96 Å². The third-order valence-corrected chi connectivity index (χ3v) is 5.31. The van der Waals surface area contributed by atoms with Gasteiger partial charge in [-0.25, -0.2) is 0 Å². The summed E-state index contributed by atoms with van der Waals surface area (Å²) in [6, 6.07) is 12.0. The van der Waals surface area contributed by atoms with Gasteiger partial charge >= 0.3 is 0 Å². The van der Waals surface area contributed by atoms with Crippen molar-refractivity contribution in [2.24, 2.45) is 10.9 Å². The van der Waals surface area contributed by atoms with Gasteiger partial charge in [0.05, 0.1) is 0 Å². The second kappa shape index (κ2) is 10.4. The highest BCUT2D eigenvalue weighted by Gasteiger charge is 2.36. The van der Waals surface area contributed by atoms with E-state index < -0.39 is 0 Å². The smallest absolute Gasteiger partial charge is 0.191 e. The van der Waals surface area contributed by atoms with Crippen molar-refractivity contribution >= 4 is 29.9 Å². The zero-order chi connectivity index (χ0) is 16.8. The van der Waals surface area contributed by atoms with Crippen molar-refractivity contribution < 1.29 is 0 Å². The van der Waals surface area contributed by atoms with Crippen LogP contribution in [-0.4, -0.2) is 43.1 Å². The molecule has 2 aliphatic rings. The average Bonchev–Trinajstić information content (AvgIpc) is 3.35. The van der Waals surface area contributed by atoms with Crippen molar-refractivity contribution in [3.63, 3.8) is 0 Å². The van der Waals surface area contributed by atoms with Gasteiger partial charge in [-0.05, 0) is 37.2 Å². The number of guanidine groups is 1. The zero-order valence-electron chi connectivity index (χ0n) is 15.6. The number of likely N-dealkylation sites (tertiary alicyclic amines) is 1. The molecule has 1 saturated carbocycles. The Morgan fingerprint density at radius 3 is 2.52 bits per heavy atom. The second-order valence-electron chi connectivity index (χ2n) is 7.29. The molecule has 140 valence electrons. The summed E-state index contributed by atoms with van der Waals surface area (Å²) in [6.45, 7) is 5.66. The van der Waals surface area contributed by atoms with Crippen LogP contribution in [0, 0.1) is 5.92 Å². The normalized spacial score (nSPS) is 24.5. The summed E-state index contributed by atoms with van der Waals surface area (Å²) >= 11 is 0. The van der Waals surface area contributed by atoms with E-state index in [1.54, 1.807) is 0 Å². The molecule has 1 aromatic rings. The summed E-state index contributed by atoms with van der Waals surface area (Å²) in [5.41, 5.74) is 1.41. The highest BCUT2D eigenvalue weighted by molar-refractivity contribution is 14.0. The molecule has 0 amide bonds. The van der Waals surface area contributed by atoms with E-state index in [1.165, 1.54) is 37.7 Å². The van der Waals surface area contributed by atoms with E-state index in [0.717, 1.165) is 31.5 Å². The highest BCUT2D eigenvalue weighted by Crippen LogP contribution is 2.34. The first-order valence-electron chi connectivity index (χ1n) is 9.54. The lowest BCUT2D eigenvalue weighted by Gasteiger charge is -2.33. The minimum Gasteiger partial charge on any atom is -0.354 e. The van der Waals surface area contributed by atoms with Gasteiger partial charge in [-0.1, -0.05) is 43.7 Å². The Morgan fingerprint density at radius 1 is 1.16 bits per heavy atom. The van der Waals surface area contributed by atoms with E-state index >= 15 is 0 Å². The molecule has 0 bridgehead atoms. The Balaban J connectivity index is 0.00000225. The lowest BCUT2D eigenvalue weighted by molar-refractivity contribution is 0.198. The van der Waals surface area contributed by atoms with Crippen LogP contribution < -0.4 is 10.6 Å². The number of nitrogens with zero attached hydrogens (tertiary/aromatic N) is 2. The van der Waals surface area contributed by atoms with Crippen LogP contribution in [0.3, 0.4) is 0 Å². The Labute approximate surface area is 169 Å². The summed E-state index contributed by atoms with van der Waals surface area (Å²) in [5, 5.41) is 7.24. The number of aliphatic imine (C=N–C) groups is 1. The monoisotopic (exact) mass is 456 g/mol. The van der Waals surface area contributed by atoms with Crippen LogP contribution >= 0.6 is 24.0 Å². The van der Waals surface area contributed by atoms with Crippen molar-refractivity contribution in [1.29, 1.82) is 0 Å². The molecule has 1 aromatic carbocycles. The summed E-state index contributed by atoms with van der Waals surface area (Å²) in [6.07, 6.45) is 6.32. The van der Waals surface area contributed by atoms with Crippen molar-refractivity contribution in [1.82, 2.24) is 15.5 Å². The van der Waals surface area contributed by atoms with E-state index in [9.17, 15) is 0 Å². The number of hydrogen-bond acceptors (Lipinski definition) is 2. The second-order valence-corrected chi connectivity index (χ2v) is 7.29. The van der Waals surface area contributed by atoms with Gasteiger partial charge in [0.25, 0.3) is 0 Å². The maximum absolute atomic E-state index is 4.42. The number of rotatable bonds is 6. The molecule has 0 aromatic heterocycles. The van der Waals surface area contributed by atoms with Crippen molar-refractivity contribution in [2.45, 2.75) is 57.7 Å². The lowest BCUT2D eigenvalue weighted by Crippen LogP contribution is -2.49. The molecule has 2 atom stereocenters. The van der Waals surface area contributed by atoms with E-state index in [4.69, 9.17) is 0 Å². The number of nitrogens with one attached hydrogen (secondary N) is 2. The molecule has 4 nitrogen and oxygen atoms in total. The Morgan fingerprint density at radius 2 is 1.88 bits per heavy atom. The SMILES string of the molecule is CCCC1CC1NC(=NC)NC1CCN(Cc2ccccc2)CC1.I. The molecule has 2 unspecified atom stereocenters. The fraction of sp³-hybridized carbons (Fsp3) is 0.650. The van der Waals surface area contributed by atoms with Crippen LogP contribution in [0.25, 0.3) is 0 Å². The predicted molar refractivity (Wildman–Crippen MR) is 117 cm³/mol. The van der Waals surface area contributed by atoms with Crippen LogP contribution in [0.15, 0.2) is 35.3 Å². The van der Waals surface area contributed by atoms with Gasteiger partial charge in [0, 0.05) is 38.8 Å². The molecule has 5 heteroatoms. The van der Waals surface area contributed by atoms with E-state index in [0.29, 0.717) is 12.1 Å². The first-order chi connectivity index (χ1) is 11.8. The van der Waals surface area contributed by atoms with Crippen LogP contribution in [0.2, 0.25) is 0 Å². The van der Waals surface area contributed by atoms with Crippen molar-refractivity contribution in [2.75, 3.05) is 20.1 Å². The molecule has 1 aliphatic carbocycles. The first kappa shape index (κ1) is 20.5. The fourth-order valence-corrected chi connectivity index (χ4v) is 3.73. The zero-order valence-corrected chi connectivity index (χ0v) is 17.9. The fourth-order valence-electron chi connectivity index (χ4n) is 3.73. The topological polar surface area (TPSA) is 39.7 Å². The van der Waals surface area contributed by atoms with E-state index in [-0.39, 0.29) is 24.0 Å². The third kappa shape index (κ3) is 6.44. The molecule has 3 rings (SSSR count). The molecule has 25 heavy (non-hydrogen) atoms. The number of piperidine rings is 1. The maximum atomic E-state index is 4.42. The maximum Gasteiger partial charge on any atom is 0.191 e. The summed E-state index contributed by atoms with van der Waals surface area (Å²) in [4.78, 5) is 6.98. The van der Waals surface area contributed by atoms with Gasteiger partial charge in [0.1, 0.15) is 0 Å². The quantitative estimate of drug-likeness (QED) is 0.390. The van der Waals surface area contributed by atoms with Gasteiger partial charge in [-0.3, -0.25) is 9.89 Å². The molecular weight excluding hydrogens is 423 g/mol. The number of halogens is 1. The summed E-state index contributed by atoms with van der Waals surface area (Å²) in [7, 11) is 1.89. The molecule has 1 heterocycles. The standard InChI is InChI=1S/C20H32N4.HI/c1-3-7-17-14-19(17)23-20(21-2)22-18-10-12-24(13-11-18)15-16-8-5-4-6-9-16;/h4-6,8-9,17-19H,3,7,10-15H2,1-2H3,(H2,21,22,23);1H. The molecule has 2 fully saturated rings. The minimum absolute atomic E-state index is 0.